The van der Waals surface area contributed by atoms with E-state index in [0.717, 1.165) is 5.56 Å². The van der Waals surface area contributed by atoms with Gasteiger partial charge in [-0.15, -0.1) is 6.58 Å². The maximum atomic E-state index is 6.09. The van der Waals surface area contributed by atoms with E-state index < -0.39 is 18.2 Å². The summed E-state index contributed by atoms with van der Waals surface area (Å²) in [4.78, 5) is 0. The van der Waals surface area contributed by atoms with E-state index in [4.69, 9.17) is 28.4 Å². The molecule has 0 aromatic heterocycles. The third-order valence-corrected chi connectivity index (χ3v) is 4.46. The summed E-state index contributed by atoms with van der Waals surface area (Å²) >= 11 is 0. The van der Waals surface area contributed by atoms with Gasteiger partial charge in [-0.05, 0) is 19.4 Å². The van der Waals surface area contributed by atoms with Crippen LogP contribution in [0.3, 0.4) is 0 Å². The van der Waals surface area contributed by atoms with Crippen molar-refractivity contribution in [1.29, 1.82) is 0 Å². The Balaban J connectivity index is 1.66. The Kier molecular flexibility index (Phi) is 6.45. The van der Waals surface area contributed by atoms with Crippen molar-refractivity contribution < 1.29 is 28.4 Å². The van der Waals surface area contributed by atoms with Gasteiger partial charge in [0.1, 0.15) is 24.4 Å². The Morgan fingerprint density at radius 2 is 1.88 bits per heavy atom. The van der Waals surface area contributed by atoms with Gasteiger partial charge in [0.05, 0.1) is 19.8 Å². The van der Waals surface area contributed by atoms with Crippen molar-refractivity contribution in [1.82, 2.24) is 0 Å². The van der Waals surface area contributed by atoms with Crippen molar-refractivity contribution in [3.05, 3.63) is 48.6 Å². The molecule has 0 amide bonds. The van der Waals surface area contributed by atoms with Crippen molar-refractivity contribution in [3.63, 3.8) is 0 Å². The highest BCUT2D eigenvalue weighted by molar-refractivity contribution is 5.13. The molecule has 0 aliphatic carbocycles. The minimum Gasteiger partial charge on any atom is -0.374 e. The summed E-state index contributed by atoms with van der Waals surface area (Å²) < 4.78 is 35.5. The number of hydrogen-bond acceptors (Lipinski definition) is 6. The van der Waals surface area contributed by atoms with Crippen molar-refractivity contribution in [2.24, 2.45) is 0 Å². The van der Waals surface area contributed by atoms with Crippen LogP contribution in [0.4, 0.5) is 0 Å². The molecule has 1 aromatic rings. The fourth-order valence-corrected chi connectivity index (χ4v) is 3.38. The van der Waals surface area contributed by atoms with Gasteiger partial charge in [-0.1, -0.05) is 36.4 Å². The van der Waals surface area contributed by atoms with Gasteiger partial charge in [-0.25, -0.2) is 0 Å². The highest BCUT2D eigenvalue weighted by Crippen LogP contribution is 2.39. The highest BCUT2D eigenvalue weighted by atomic mass is 16.8. The molecule has 2 fully saturated rings. The summed E-state index contributed by atoms with van der Waals surface area (Å²) in [5, 5.41) is 0. The molecule has 2 aliphatic heterocycles. The zero-order valence-electron chi connectivity index (χ0n) is 15.6. The van der Waals surface area contributed by atoms with E-state index >= 15 is 0 Å². The molecule has 2 aliphatic rings. The first-order chi connectivity index (χ1) is 12.5. The van der Waals surface area contributed by atoms with Crippen molar-refractivity contribution >= 4 is 0 Å². The molecule has 0 bridgehead atoms. The molecule has 144 valence electrons. The van der Waals surface area contributed by atoms with Crippen LogP contribution in [0.1, 0.15) is 19.4 Å². The average molecular weight is 364 g/mol. The molecule has 0 N–H and O–H groups in total. The summed E-state index contributed by atoms with van der Waals surface area (Å²) in [6.45, 7) is 8.75. The second-order valence-electron chi connectivity index (χ2n) is 6.93. The van der Waals surface area contributed by atoms with Gasteiger partial charge in [-0.2, -0.15) is 0 Å². The van der Waals surface area contributed by atoms with Crippen molar-refractivity contribution in [2.75, 3.05) is 20.3 Å². The lowest BCUT2D eigenvalue weighted by atomic mass is 9.99. The first kappa shape index (κ1) is 19.5. The predicted molar refractivity (Wildman–Crippen MR) is 95.5 cm³/mol. The quantitative estimate of drug-likeness (QED) is 0.661. The molecule has 1 aromatic carbocycles. The number of rotatable bonds is 8. The maximum absolute atomic E-state index is 6.09. The number of methoxy groups -OCH3 is 1. The molecule has 0 unspecified atom stereocenters. The Hall–Kier alpha value is -1.28. The Labute approximate surface area is 155 Å². The monoisotopic (exact) mass is 364 g/mol. The first-order valence-electron chi connectivity index (χ1n) is 8.92. The molecule has 2 saturated heterocycles. The third-order valence-electron chi connectivity index (χ3n) is 4.46. The van der Waals surface area contributed by atoms with E-state index in [2.05, 4.69) is 6.58 Å². The van der Waals surface area contributed by atoms with Crippen LogP contribution < -0.4 is 0 Å². The van der Waals surface area contributed by atoms with E-state index in [1.807, 2.05) is 44.2 Å². The Bertz CT molecular complexity index is 575. The molecular weight excluding hydrogens is 336 g/mol. The topological polar surface area (TPSA) is 55.4 Å². The zero-order chi connectivity index (χ0) is 18.6. The number of hydrogen-bond donors (Lipinski definition) is 0. The summed E-state index contributed by atoms with van der Waals surface area (Å²) in [5.41, 5.74) is 1.11. The van der Waals surface area contributed by atoms with Crippen molar-refractivity contribution in [2.45, 2.75) is 56.9 Å². The molecule has 0 saturated carbocycles. The van der Waals surface area contributed by atoms with Gasteiger partial charge >= 0.3 is 0 Å². The first-order valence-corrected chi connectivity index (χ1v) is 8.92. The standard InChI is InChI=1S/C20H28O6/c1-5-11-23-18-17-16(25-20(2,3)26-17)15(24-19(18)21-4)13-22-12-14-9-7-6-8-10-14/h5-10,15-19H,1,11-13H2,2-4H3/t15-,16+,17+,18+,19-/m1/s1. The molecule has 26 heavy (non-hydrogen) atoms. The highest BCUT2D eigenvalue weighted by Gasteiger charge is 2.56. The maximum Gasteiger partial charge on any atom is 0.186 e. The number of fused-ring (bicyclic) bond motifs is 1. The lowest BCUT2D eigenvalue weighted by molar-refractivity contribution is -0.284. The lowest BCUT2D eigenvalue weighted by Gasteiger charge is -2.41. The van der Waals surface area contributed by atoms with Crippen LogP contribution in [-0.2, 0) is 35.0 Å². The molecule has 6 heteroatoms. The van der Waals surface area contributed by atoms with Gasteiger partial charge < -0.3 is 28.4 Å². The fourth-order valence-electron chi connectivity index (χ4n) is 3.38. The van der Waals surface area contributed by atoms with E-state index in [1.165, 1.54) is 0 Å². The molecule has 3 rings (SSSR count). The number of benzene rings is 1. The van der Waals surface area contributed by atoms with Crippen LogP contribution in [0.2, 0.25) is 0 Å². The molecular formula is C20H28O6. The van der Waals surface area contributed by atoms with Crippen LogP contribution >= 0.6 is 0 Å². The van der Waals surface area contributed by atoms with Gasteiger partial charge in [0, 0.05) is 7.11 Å². The minimum atomic E-state index is -0.713. The molecule has 0 spiro atoms. The van der Waals surface area contributed by atoms with Gasteiger partial charge in [0.2, 0.25) is 0 Å². The van der Waals surface area contributed by atoms with Gasteiger partial charge in [0.15, 0.2) is 12.1 Å². The molecule has 0 radical (unpaired) electrons. The second-order valence-corrected chi connectivity index (χ2v) is 6.93. The van der Waals surface area contributed by atoms with Crippen LogP contribution in [0, 0.1) is 0 Å². The van der Waals surface area contributed by atoms with Crippen LogP contribution in [-0.4, -0.2) is 56.8 Å². The lowest BCUT2D eigenvalue weighted by Crippen LogP contribution is -2.58. The van der Waals surface area contributed by atoms with Gasteiger partial charge in [0.25, 0.3) is 0 Å². The van der Waals surface area contributed by atoms with Crippen LogP contribution in [0.25, 0.3) is 0 Å². The van der Waals surface area contributed by atoms with E-state index in [1.54, 1.807) is 13.2 Å². The molecule has 2 heterocycles. The Morgan fingerprint density at radius 1 is 1.15 bits per heavy atom. The fraction of sp³-hybridized carbons (Fsp3) is 0.600. The SMILES string of the molecule is C=CCO[C@@H]1[C@H](OC)O[C@H](COCc2ccccc2)[C@@H]2OC(C)(C)O[C@H]12. The predicted octanol–water partition coefficient (Wildman–Crippen LogP) is 2.67. The van der Waals surface area contributed by atoms with Gasteiger partial charge in [-0.3, -0.25) is 0 Å². The summed E-state index contributed by atoms with van der Waals surface area (Å²) in [6, 6.07) is 10.0. The summed E-state index contributed by atoms with van der Waals surface area (Å²) in [5.74, 6) is -0.713. The summed E-state index contributed by atoms with van der Waals surface area (Å²) in [7, 11) is 1.60. The third kappa shape index (κ3) is 4.52. The second kappa shape index (κ2) is 8.61. The zero-order valence-corrected chi connectivity index (χ0v) is 15.6. The van der Waals surface area contributed by atoms with Crippen LogP contribution in [0.5, 0.6) is 0 Å². The molecule has 6 nitrogen and oxygen atoms in total. The van der Waals surface area contributed by atoms with Crippen molar-refractivity contribution in [3.8, 4) is 0 Å². The smallest absolute Gasteiger partial charge is 0.186 e. The van der Waals surface area contributed by atoms with E-state index in [9.17, 15) is 0 Å². The average Bonchev–Trinajstić information content (AvgIpc) is 2.96. The number of ether oxygens (including phenoxy) is 6. The Morgan fingerprint density at radius 3 is 2.58 bits per heavy atom. The minimum absolute atomic E-state index is 0.290. The molecule has 5 atom stereocenters. The largest absolute Gasteiger partial charge is 0.374 e. The van der Waals surface area contributed by atoms with E-state index in [0.29, 0.717) is 19.8 Å². The van der Waals surface area contributed by atoms with E-state index in [-0.39, 0.29) is 18.3 Å². The van der Waals surface area contributed by atoms with Crippen LogP contribution in [0.15, 0.2) is 43.0 Å². The normalized spacial score (nSPS) is 33.0. The summed E-state index contributed by atoms with van der Waals surface area (Å²) in [6.07, 6.45) is -0.151.